The molecule has 0 atom stereocenters. The topological polar surface area (TPSA) is 112 Å². The molecule has 0 aliphatic carbocycles. The minimum atomic E-state index is -0.796. The lowest BCUT2D eigenvalue weighted by Gasteiger charge is -2.24. The monoisotopic (exact) mass is 360 g/mol. The van der Waals surface area contributed by atoms with E-state index in [-0.39, 0.29) is 23.6 Å². The Morgan fingerprint density at radius 2 is 1.89 bits per heavy atom. The van der Waals surface area contributed by atoms with Crippen LogP contribution in [0.25, 0.3) is 0 Å². The van der Waals surface area contributed by atoms with E-state index < -0.39 is 6.03 Å². The highest BCUT2D eigenvalue weighted by Crippen LogP contribution is 2.38. The van der Waals surface area contributed by atoms with Crippen molar-refractivity contribution in [3.05, 3.63) is 78.1 Å². The molecule has 2 amide bonds. The fraction of sp³-hybridized carbons (Fsp3) is 0.0500. The van der Waals surface area contributed by atoms with Crippen LogP contribution in [0, 0.1) is 11.3 Å². The summed E-state index contributed by atoms with van der Waals surface area (Å²) in [6.45, 7) is 0.269. The molecule has 0 aliphatic rings. The van der Waals surface area contributed by atoms with E-state index in [1.54, 1.807) is 36.7 Å². The van der Waals surface area contributed by atoms with Gasteiger partial charge in [0, 0.05) is 12.4 Å². The normalized spacial score (nSPS) is 10.0. The highest BCUT2D eigenvalue weighted by molar-refractivity contribution is 6.01. The average molecular weight is 360 g/mol. The van der Waals surface area contributed by atoms with E-state index in [0.29, 0.717) is 11.4 Å². The largest absolute Gasteiger partial charge is 0.506 e. The number of anilines is 2. The van der Waals surface area contributed by atoms with Gasteiger partial charge in [-0.2, -0.15) is 5.26 Å². The standard InChI is InChI=1S/C20H16N4O3/c21-12-15-5-6-16(18(25)11-15)24(20(22)26)17-3-1-2-4-19(17)27-13-14-7-9-23-10-8-14/h1-11,25H,13H2,(H2,22,26). The molecule has 3 rings (SSSR count). The number of hydrogen-bond acceptors (Lipinski definition) is 5. The number of nitriles is 1. The van der Waals surface area contributed by atoms with Gasteiger partial charge in [-0.05, 0) is 48.0 Å². The number of phenols is 1. The summed E-state index contributed by atoms with van der Waals surface area (Å²) in [7, 11) is 0. The molecule has 1 heterocycles. The smallest absolute Gasteiger partial charge is 0.324 e. The minimum absolute atomic E-state index is 0.154. The number of amides is 2. The van der Waals surface area contributed by atoms with Gasteiger partial charge in [0.1, 0.15) is 18.1 Å². The fourth-order valence-electron chi connectivity index (χ4n) is 2.55. The van der Waals surface area contributed by atoms with Crippen molar-refractivity contribution in [2.45, 2.75) is 6.61 Å². The zero-order chi connectivity index (χ0) is 19.2. The third-order valence-electron chi connectivity index (χ3n) is 3.82. The summed E-state index contributed by atoms with van der Waals surface area (Å²) < 4.78 is 5.85. The molecule has 0 spiro atoms. The van der Waals surface area contributed by atoms with Crippen LogP contribution in [0.1, 0.15) is 11.1 Å². The molecule has 3 N–H and O–H groups in total. The molecule has 0 bridgehead atoms. The van der Waals surface area contributed by atoms with Gasteiger partial charge in [0.25, 0.3) is 0 Å². The first-order valence-electron chi connectivity index (χ1n) is 8.03. The van der Waals surface area contributed by atoms with Crippen LogP contribution in [-0.4, -0.2) is 16.1 Å². The molecule has 7 heteroatoms. The molecule has 0 unspecified atom stereocenters. The fourth-order valence-corrected chi connectivity index (χ4v) is 2.55. The number of urea groups is 1. The third kappa shape index (κ3) is 3.96. The molecular formula is C20H16N4O3. The summed E-state index contributed by atoms with van der Waals surface area (Å²) in [5.41, 5.74) is 7.27. The number of aromatic hydroxyl groups is 1. The predicted molar refractivity (Wildman–Crippen MR) is 99.6 cm³/mol. The van der Waals surface area contributed by atoms with Crippen molar-refractivity contribution < 1.29 is 14.6 Å². The minimum Gasteiger partial charge on any atom is -0.506 e. The highest BCUT2D eigenvalue weighted by atomic mass is 16.5. The molecule has 0 aliphatic heterocycles. The molecule has 3 aromatic rings. The number of nitrogens with zero attached hydrogens (tertiary/aromatic N) is 3. The SMILES string of the molecule is N#Cc1ccc(N(C(N)=O)c2ccccc2OCc2ccncc2)c(O)c1. The Bertz CT molecular complexity index is 1000. The van der Waals surface area contributed by atoms with Gasteiger partial charge in [0.2, 0.25) is 0 Å². The van der Waals surface area contributed by atoms with Crippen LogP contribution >= 0.6 is 0 Å². The number of rotatable bonds is 5. The van der Waals surface area contributed by atoms with Crippen LogP contribution in [0.3, 0.4) is 0 Å². The number of carbonyl (C=O) groups excluding carboxylic acids is 1. The molecule has 0 radical (unpaired) electrons. The summed E-state index contributed by atoms with van der Waals surface area (Å²) in [5, 5.41) is 19.2. The van der Waals surface area contributed by atoms with Crippen molar-refractivity contribution in [1.29, 1.82) is 5.26 Å². The number of nitrogens with two attached hydrogens (primary N) is 1. The summed E-state index contributed by atoms with van der Waals surface area (Å²) in [6.07, 6.45) is 3.32. The molecule has 0 fully saturated rings. The maximum atomic E-state index is 12.1. The van der Waals surface area contributed by atoms with Crippen molar-refractivity contribution >= 4 is 17.4 Å². The lowest BCUT2D eigenvalue weighted by Crippen LogP contribution is -2.31. The van der Waals surface area contributed by atoms with Gasteiger partial charge in [0.05, 0.1) is 23.0 Å². The second-order valence-electron chi connectivity index (χ2n) is 5.60. The van der Waals surface area contributed by atoms with Crippen molar-refractivity contribution in [1.82, 2.24) is 4.98 Å². The number of para-hydroxylation sites is 2. The Labute approximate surface area is 155 Å². The van der Waals surface area contributed by atoms with Gasteiger partial charge >= 0.3 is 6.03 Å². The van der Waals surface area contributed by atoms with Crippen LogP contribution in [0.2, 0.25) is 0 Å². The van der Waals surface area contributed by atoms with Gasteiger partial charge in [-0.1, -0.05) is 12.1 Å². The van der Waals surface area contributed by atoms with Crippen molar-refractivity contribution in [2.24, 2.45) is 5.73 Å². The van der Waals surface area contributed by atoms with Gasteiger partial charge in [0.15, 0.2) is 0 Å². The van der Waals surface area contributed by atoms with Crippen LogP contribution in [0.4, 0.5) is 16.2 Å². The summed E-state index contributed by atoms with van der Waals surface area (Å²) in [4.78, 5) is 17.2. The second kappa shape index (κ2) is 7.89. The van der Waals surface area contributed by atoms with E-state index in [1.165, 1.54) is 18.2 Å². The molecule has 0 saturated heterocycles. The molecule has 1 aromatic heterocycles. The number of benzene rings is 2. The quantitative estimate of drug-likeness (QED) is 0.723. The summed E-state index contributed by atoms with van der Waals surface area (Å²) >= 11 is 0. The number of hydrogen-bond donors (Lipinski definition) is 2. The van der Waals surface area contributed by atoms with Gasteiger partial charge in [-0.3, -0.25) is 9.88 Å². The molecule has 27 heavy (non-hydrogen) atoms. The lowest BCUT2D eigenvalue weighted by molar-refractivity contribution is 0.255. The maximum absolute atomic E-state index is 12.1. The molecule has 134 valence electrons. The Morgan fingerprint density at radius 1 is 1.15 bits per heavy atom. The third-order valence-corrected chi connectivity index (χ3v) is 3.82. The highest BCUT2D eigenvalue weighted by Gasteiger charge is 2.22. The average Bonchev–Trinajstić information content (AvgIpc) is 2.69. The van der Waals surface area contributed by atoms with Gasteiger partial charge < -0.3 is 15.6 Å². The van der Waals surface area contributed by atoms with E-state index in [4.69, 9.17) is 15.7 Å². The van der Waals surface area contributed by atoms with Crippen molar-refractivity contribution in [3.63, 3.8) is 0 Å². The van der Waals surface area contributed by atoms with Crippen LogP contribution in [0.15, 0.2) is 67.0 Å². The Morgan fingerprint density at radius 3 is 2.56 bits per heavy atom. The van der Waals surface area contributed by atoms with E-state index in [1.807, 2.05) is 18.2 Å². The molecule has 2 aromatic carbocycles. The number of ether oxygens (including phenoxy) is 1. The summed E-state index contributed by atoms with van der Waals surface area (Å²) in [6, 6.07) is 15.8. The van der Waals surface area contributed by atoms with E-state index >= 15 is 0 Å². The van der Waals surface area contributed by atoms with Crippen molar-refractivity contribution in [2.75, 3.05) is 4.90 Å². The molecular weight excluding hydrogens is 344 g/mol. The number of pyridine rings is 1. The Kier molecular flexibility index (Phi) is 5.19. The zero-order valence-corrected chi connectivity index (χ0v) is 14.2. The zero-order valence-electron chi connectivity index (χ0n) is 14.2. The van der Waals surface area contributed by atoms with Crippen LogP contribution < -0.4 is 15.4 Å². The van der Waals surface area contributed by atoms with Crippen molar-refractivity contribution in [3.8, 4) is 17.6 Å². The van der Waals surface area contributed by atoms with E-state index in [9.17, 15) is 9.90 Å². The number of carbonyl (C=O) groups is 1. The van der Waals surface area contributed by atoms with Crippen LogP contribution in [-0.2, 0) is 6.61 Å². The number of primary amides is 1. The van der Waals surface area contributed by atoms with Gasteiger partial charge in [-0.15, -0.1) is 0 Å². The maximum Gasteiger partial charge on any atom is 0.324 e. The summed E-state index contributed by atoms with van der Waals surface area (Å²) in [5.74, 6) is 0.175. The first kappa shape index (κ1) is 17.8. The Balaban J connectivity index is 1.97. The number of aromatic nitrogens is 1. The number of phenolic OH excluding ortho intramolecular Hbond substituents is 1. The first-order chi connectivity index (χ1) is 13.1. The lowest BCUT2D eigenvalue weighted by atomic mass is 10.1. The Hall–Kier alpha value is -4.05. The second-order valence-corrected chi connectivity index (χ2v) is 5.60. The molecule has 7 nitrogen and oxygen atoms in total. The molecule has 0 saturated carbocycles. The van der Waals surface area contributed by atoms with Gasteiger partial charge in [-0.25, -0.2) is 4.79 Å². The first-order valence-corrected chi connectivity index (χ1v) is 8.03. The van der Waals surface area contributed by atoms with E-state index in [0.717, 1.165) is 10.5 Å². The van der Waals surface area contributed by atoms with Crippen LogP contribution in [0.5, 0.6) is 11.5 Å². The van der Waals surface area contributed by atoms with E-state index in [2.05, 4.69) is 4.98 Å². The predicted octanol–water partition coefficient (Wildman–Crippen LogP) is 3.45.